The maximum absolute atomic E-state index is 11.0. The van der Waals surface area contributed by atoms with Crippen LogP contribution >= 0.6 is 0 Å². The van der Waals surface area contributed by atoms with Gasteiger partial charge in [-0.05, 0) is 24.0 Å². The van der Waals surface area contributed by atoms with Crippen molar-refractivity contribution in [3.8, 4) is 0 Å². The number of nitrogens with one attached hydrogen (secondary N) is 1. The van der Waals surface area contributed by atoms with E-state index in [2.05, 4.69) is 5.32 Å². The van der Waals surface area contributed by atoms with Gasteiger partial charge in [-0.2, -0.15) is 0 Å². The van der Waals surface area contributed by atoms with E-state index in [1.165, 1.54) is 12.1 Å². The van der Waals surface area contributed by atoms with Crippen molar-refractivity contribution in [2.24, 2.45) is 5.41 Å². The molecule has 0 saturated carbocycles. The molecule has 1 aromatic rings. The van der Waals surface area contributed by atoms with Crippen molar-refractivity contribution in [1.82, 2.24) is 0 Å². The number of nitro groups is 1. The number of hydrogen-bond acceptors (Lipinski definition) is 5. The van der Waals surface area contributed by atoms with Crippen molar-refractivity contribution in [1.29, 1.82) is 0 Å². The Labute approximate surface area is 123 Å². The van der Waals surface area contributed by atoms with Crippen LogP contribution in [-0.2, 0) is 4.74 Å². The van der Waals surface area contributed by atoms with Gasteiger partial charge in [0.1, 0.15) is 5.69 Å². The molecule has 1 aromatic carbocycles. The van der Waals surface area contributed by atoms with Crippen molar-refractivity contribution in [2.75, 3.05) is 25.6 Å². The van der Waals surface area contributed by atoms with Crippen molar-refractivity contribution in [3.63, 3.8) is 0 Å². The summed E-state index contributed by atoms with van der Waals surface area (Å²) in [4.78, 5) is 21.3. The van der Waals surface area contributed by atoms with Gasteiger partial charge in [0.05, 0.1) is 10.5 Å². The molecule has 0 aliphatic heterocycles. The first-order valence-corrected chi connectivity index (χ1v) is 6.51. The van der Waals surface area contributed by atoms with Crippen LogP contribution in [0.3, 0.4) is 0 Å². The number of benzene rings is 1. The van der Waals surface area contributed by atoms with Crippen LogP contribution in [0.2, 0.25) is 0 Å². The second-order valence-corrected chi connectivity index (χ2v) is 5.55. The van der Waals surface area contributed by atoms with Gasteiger partial charge >= 0.3 is 5.97 Å². The first kappa shape index (κ1) is 16.9. The van der Waals surface area contributed by atoms with E-state index in [4.69, 9.17) is 9.84 Å². The number of methoxy groups -OCH3 is 1. The standard InChI is InChI=1S/C14H20N2O5/c1-14(2,6-7-21-3)9-15-11-5-4-10(13(17)18)8-12(11)16(19)20/h4-5,8,15H,6-7,9H2,1-3H3,(H,17,18). The van der Waals surface area contributed by atoms with E-state index in [0.29, 0.717) is 18.8 Å². The molecule has 1 rings (SSSR count). The van der Waals surface area contributed by atoms with E-state index in [1.54, 1.807) is 7.11 Å². The average molecular weight is 296 g/mol. The number of carboxylic acid groups (broad SMARTS) is 1. The van der Waals surface area contributed by atoms with E-state index in [-0.39, 0.29) is 16.7 Å². The van der Waals surface area contributed by atoms with E-state index in [1.807, 2.05) is 13.8 Å². The minimum Gasteiger partial charge on any atom is -0.478 e. The molecular weight excluding hydrogens is 276 g/mol. The molecule has 0 fully saturated rings. The van der Waals surface area contributed by atoms with Crippen LogP contribution < -0.4 is 5.32 Å². The highest BCUT2D eigenvalue weighted by atomic mass is 16.6. The van der Waals surface area contributed by atoms with Crippen LogP contribution in [0.25, 0.3) is 0 Å². The van der Waals surface area contributed by atoms with Gasteiger partial charge < -0.3 is 15.2 Å². The number of nitrogens with zero attached hydrogens (tertiary/aromatic N) is 1. The number of anilines is 1. The molecule has 0 saturated heterocycles. The Bertz CT molecular complexity index is 528. The molecule has 0 aliphatic carbocycles. The first-order chi connectivity index (χ1) is 9.76. The fourth-order valence-electron chi connectivity index (χ4n) is 1.77. The second kappa shape index (κ2) is 7.03. The van der Waals surface area contributed by atoms with Gasteiger partial charge in [0, 0.05) is 26.3 Å². The number of carboxylic acids is 1. The first-order valence-electron chi connectivity index (χ1n) is 6.51. The lowest BCUT2D eigenvalue weighted by molar-refractivity contribution is -0.384. The Hall–Kier alpha value is -2.15. The molecule has 7 nitrogen and oxygen atoms in total. The molecule has 7 heteroatoms. The zero-order chi connectivity index (χ0) is 16.0. The average Bonchev–Trinajstić information content (AvgIpc) is 2.42. The normalized spacial score (nSPS) is 11.2. The van der Waals surface area contributed by atoms with Gasteiger partial charge in [0.15, 0.2) is 0 Å². The zero-order valence-corrected chi connectivity index (χ0v) is 12.4. The number of carbonyl (C=O) groups is 1. The molecule has 0 aliphatic rings. The molecule has 0 unspecified atom stereocenters. The summed E-state index contributed by atoms with van der Waals surface area (Å²) in [6, 6.07) is 3.83. The topological polar surface area (TPSA) is 102 Å². The third kappa shape index (κ3) is 5.03. The third-order valence-electron chi connectivity index (χ3n) is 3.18. The number of nitro benzene ring substituents is 1. The van der Waals surface area contributed by atoms with Crippen molar-refractivity contribution in [3.05, 3.63) is 33.9 Å². The quantitative estimate of drug-likeness (QED) is 0.565. The summed E-state index contributed by atoms with van der Waals surface area (Å²) in [7, 11) is 1.62. The summed E-state index contributed by atoms with van der Waals surface area (Å²) >= 11 is 0. The molecule has 0 amide bonds. The molecule has 0 heterocycles. The SMILES string of the molecule is COCCC(C)(C)CNc1ccc(C(=O)O)cc1[N+](=O)[O-]. The van der Waals surface area contributed by atoms with E-state index >= 15 is 0 Å². The fourth-order valence-corrected chi connectivity index (χ4v) is 1.77. The Kier molecular flexibility index (Phi) is 5.66. The van der Waals surface area contributed by atoms with Gasteiger partial charge in [0.25, 0.3) is 5.69 Å². The van der Waals surface area contributed by atoms with E-state index in [0.717, 1.165) is 12.5 Å². The lowest BCUT2D eigenvalue weighted by Gasteiger charge is -2.25. The second-order valence-electron chi connectivity index (χ2n) is 5.55. The lowest BCUT2D eigenvalue weighted by atomic mass is 9.89. The largest absolute Gasteiger partial charge is 0.478 e. The molecule has 0 bridgehead atoms. The summed E-state index contributed by atoms with van der Waals surface area (Å²) in [5.41, 5.74) is -0.131. The summed E-state index contributed by atoms with van der Waals surface area (Å²) in [6.45, 7) is 5.17. The molecule has 0 aromatic heterocycles. The van der Waals surface area contributed by atoms with Crippen molar-refractivity contribution in [2.45, 2.75) is 20.3 Å². The van der Waals surface area contributed by atoms with Crippen LogP contribution in [0.5, 0.6) is 0 Å². The Morgan fingerprint density at radius 1 is 1.48 bits per heavy atom. The third-order valence-corrected chi connectivity index (χ3v) is 3.18. The Balaban J connectivity index is 2.88. The number of hydrogen-bond donors (Lipinski definition) is 2. The summed E-state index contributed by atoms with van der Waals surface area (Å²) in [6.07, 6.45) is 0.803. The minimum absolute atomic E-state index is 0.102. The molecular formula is C14H20N2O5. The summed E-state index contributed by atoms with van der Waals surface area (Å²) < 4.78 is 5.03. The van der Waals surface area contributed by atoms with Crippen LogP contribution in [0.4, 0.5) is 11.4 Å². The van der Waals surface area contributed by atoms with Gasteiger partial charge in [-0.3, -0.25) is 10.1 Å². The van der Waals surface area contributed by atoms with Gasteiger partial charge in [0.2, 0.25) is 0 Å². The summed E-state index contributed by atoms with van der Waals surface area (Å²) in [5.74, 6) is -1.19. The molecule has 2 N–H and O–H groups in total. The molecule has 21 heavy (non-hydrogen) atoms. The number of rotatable bonds is 8. The molecule has 0 radical (unpaired) electrons. The Morgan fingerprint density at radius 3 is 2.67 bits per heavy atom. The number of ether oxygens (including phenoxy) is 1. The highest BCUT2D eigenvalue weighted by Gasteiger charge is 2.21. The van der Waals surface area contributed by atoms with E-state index in [9.17, 15) is 14.9 Å². The van der Waals surface area contributed by atoms with Crippen LogP contribution in [-0.4, -0.2) is 36.3 Å². The van der Waals surface area contributed by atoms with E-state index < -0.39 is 10.9 Å². The highest BCUT2D eigenvalue weighted by molar-refractivity contribution is 5.89. The predicted molar refractivity (Wildman–Crippen MR) is 78.8 cm³/mol. The smallest absolute Gasteiger partial charge is 0.335 e. The van der Waals surface area contributed by atoms with Crippen molar-refractivity contribution < 1.29 is 19.6 Å². The summed E-state index contributed by atoms with van der Waals surface area (Å²) in [5, 5.41) is 22.9. The van der Waals surface area contributed by atoms with Crippen molar-refractivity contribution >= 4 is 17.3 Å². The van der Waals surface area contributed by atoms with Gasteiger partial charge in [-0.15, -0.1) is 0 Å². The molecule has 0 atom stereocenters. The fraction of sp³-hybridized carbons (Fsp3) is 0.500. The van der Waals surface area contributed by atoms with Gasteiger partial charge in [-0.25, -0.2) is 4.79 Å². The number of aromatic carboxylic acids is 1. The Morgan fingerprint density at radius 2 is 2.14 bits per heavy atom. The predicted octanol–water partition coefficient (Wildman–Crippen LogP) is 2.77. The van der Waals surface area contributed by atoms with Crippen LogP contribution in [0, 0.1) is 15.5 Å². The minimum atomic E-state index is -1.19. The maximum Gasteiger partial charge on any atom is 0.335 e. The van der Waals surface area contributed by atoms with Crippen LogP contribution in [0.15, 0.2) is 18.2 Å². The highest BCUT2D eigenvalue weighted by Crippen LogP contribution is 2.28. The van der Waals surface area contributed by atoms with Crippen LogP contribution in [0.1, 0.15) is 30.6 Å². The van der Waals surface area contributed by atoms with Gasteiger partial charge in [-0.1, -0.05) is 13.8 Å². The lowest BCUT2D eigenvalue weighted by Crippen LogP contribution is -2.25. The molecule has 0 spiro atoms. The molecule has 116 valence electrons. The zero-order valence-electron chi connectivity index (χ0n) is 12.4. The maximum atomic E-state index is 11.0. The monoisotopic (exact) mass is 296 g/mol.